The Kier molecular flexibility index (Phi) is 5.33. The van der Waals surface area contributed by atoms with Crippen molar-refractivity contribution in [3.05, 3.63) is 58.4 Å². The largest absolute Gasteiger partial charge is 0.497 e. The van der Waals surface area contributed by atoms with Gasteiger partial charge in [0, 0.05) is 17.1 Å². The second kappa shape index (κ2) is 7.85. The molecule has 0 unspecified atom stereocenters. The van der Waals surface area contributed by atoms with E-state index in [1.165, 1.54) is 16.8 Å². The van der Waals surface area contributed by atoms with Crippen LogP contribution in [-0.4, -0.2) is 27.8 Å². The zero-order chi connectivity index (χ0) is 19.4. The second-order valence-electron chi connectivity index (χ2n) is 5.73. The summed E-state index contributed by atoms with van der Waals surface area (Å²) < 4.78 is 7.26. The van der Waals surface area contributed by atoms with Crippen molar-refractivity contribution in [1.29, 1.82) is 5.26 Å². The maximum atomic E-state index is 12.3. The van der Waals surface area contributed by atoms with Crippen LogP contribution in [0.25, 0.3) is 11.8 Å². The van der Waals surface area contributed by atoms with Gasteiger partial charge in [0.2, 0.25) is 5.13 Å². The summed E-state index contributed by atoms with van der Waals surface area (Å²) in [7, 11) is 1.63. The van der Waals surface area contributed by atoms with Crippen LogP contribution in [0.3, 0.4) is 0 Å². The smallest absolute Gasteiger partial charge is 0.268 e. The van der Waals surface area contributed by atoms with E-state index < -0.39 is 5.91 Å². The first kappa shape index (κ1) is 18.4. The molecule has 0 atom stereocenters. The Morgan fingerprint density at radius 2 is 2.07 bits per heavy atom. The first-order valence-corrected chi connectivity index (χ1v) is 8.94. The first-order chi connectivity index (χ1) is 13.0. The summed E-state index contributed by atoms with van der Waals surface area (Å²) in [5.41, 5.74) is 5.20. The van der Waals surface area contributed by atoms with Crippen molar-refractivity contribution in [1.82, 2.24) is 14.8 Å². The van der Waals surface area contributed by atoms with Crippen LogP contribution in [0.4, 0.5) is 5.13 Å². The number of aryl methyl sites for hydroxylation is 1. The Morgan fingerprint density at radius 3 is 2.67 bits per heavy atom. The van der Waals surface area contributed by atoms with Crippen molar-refractivity contribution >= 4 is 28.5 Å². The number of carbonyl (C=O) groups is 1. The van der Waals surface area contributed by atoms with Crippen molar-refractivity contribution in [2.75, 3.05) is 12.4 Å². The summed E-state index contributed by atoms with van der Waals surface area (Å²) in [5, 5.41) is 19.7. The lowest BCUT2D eigenvalue weighted by molar-refractivity contribution is -0.112. The van der Waals surface area contributed by atoms with Gasteiger partial charge in [-0.2, -0.15) is 5.26 Å². The van der Waals surface area contributed by atoms with E-state index in [-0.39, 0.29) is 5.57 Å². The van der Waals surface area contributed by atoms with Crippen LogP contribution in [0, 0.1) is 25.2 Å². The van der Waals surface area contributed by atoms with E-state index in [0.717, 1.165) is 28.4 Å². The summed E-state index contributed by atoms with van der Waals surface area (Å²) in [4.78, 5) is 12.3. The molecule has 0 bridgehead atoms. The van der Waals surface area contributed by atoms with Gasteiger partial charge in [-0.05, 0) is 55.8 Å². The number of aromatic nitrogens is 3. The van der Waals surface area contributed by atoms with Gasteiger partial charge >= 0.3 is 0 Å². The van der Waals surface area contributed by atoms with Crippen LogP contribution in [-0.2, 0) is 4.79 Å². The van der Waals surface area contributed by atoms with E-state index in [1.807, 2.05) is 50.2 Å². The number of amides is 1. The minimum absolute atomic E-state index is 0.000168. The number of nitrogens with one attached hydrogen (secondary N) is 1. The Morgan fingerprint density at radius 1 is 1.33 bits per heavy atom. The van der Waals surface area contributed by atoms with Crippen LogP contribution in [0.2, 0.25) is 0 Å². The van der Waals surface area contributed by atoms with Crippen molar-refractivity contribution in [2.45, 2.75) is 13.8 Å². The number of hydrogen-bond acceptors (Lipinski definition) is 6. The van der Waals surface area contributed by atoms with Gasteiger partial charge in [0.25, 0.3) is 5.91 Å². The number of benzene rings is 1. The molecule has 3 rings (SSSR count). The van der Waals surface area contributed by atoms with E-state index >= 15 is 0 Å². The SMILES string of the molecule is COc1ccc(-n2c(C)cc(/C=C(\C#N)C(=O)Nc3nncs3)c2C)cc1. The van der Waals surface area contributed by atoms with Crippen LogP contribution in [0.5, 0.6) is 5.75 Å². The quantitative estimate of drug-likeness (QED) is 0.541. The molecule has 0 aliphatic carbocycles. The molecule has 0 fully saturated rings. The summed E-state index contributed by atoms with van der Waals surface area (Å²) in [6.07, 6.45) is 1.58. The Bertz CT molecular complexity index is 1030. The predicted octanol–water partition coefficient (Wildman–Crippen LogP) is 3.50. The Balaban J connectivity index is 1.93. The van der Waals surface area contributed by atoms with Gasteiger partial charge in [0.05, 0.1) is 7.11 Å². The lowest BCUT2D eigenvalue weighted by Gasteiger charge is -2.10. The minimum atomic E-state index is -0.511. The molecule has 0 spiro atoms. The predicted molar refractivity (Wildman–Crippen MR) is 104 cm³/mol. The third kappa shape index (κ3) is 3.88. The molecule has 136 valence electrons. The Labute approximate surface area is 160 Å². The molecule has 0 saturated carbocycles. The molecule has 1 aromatic carbocycles. The summed E-state index contributed by atoms with van der Waals surface area (Å²) in [6, 6.07) is 11.6. The fraction of sp³-hybridized carbons (Fsp3) is 0.158. The molecule has 8 heteroatoms. The Hall–Kier alpha value is -3.44. The first-order valence-electron chi connectivity index (χ1n) is 8.06. The lowest BCUT2D eigenvalue weighted by atomic mass is 10.1. The highest BCUT2D eigenvalue weighted by Gasteiger charge is 2.15. The maximum absolute atomic E-state index is 12.3. The van der Waals surface area contributed by atoms with Crippen molar-refractivity contribution in [3.8, 4) is 17.5 Å². The maximum Gasteiger partial charge on any atom is 0.268 e. The summed E-state index contributed by atoms with van der Waals surface area (Å²) in [6.45, 7) is 3.92. The molecule has 7 nitrogen and oxygen atoms in total. The van der Waals surface area contributed by atoms with Crippen LogP contribution in [0.15, 0.2) is 41.4 Å². The third-order valence-corrected chi connectivity index (χ3v) is 4.65. The fourth-order valence-electron chi connectivity index (χ4n) is 2.76. The third-order valence-electron chi connectivity index (χ3n) is 4.05. The molecule has 0 saturated heterocycles. The average molecular weight is 379 g/mol. The zero-order valence-corrected chi connectivity index (χ0v) is 15.9. The molecular formula is C19H17N5O2S. The molecule has 1 amide bonds. The fourth-order valence-corrected chi connectivity index (χ4v) is 3.20. The zero-order valence-electron chi connectivity index (χ0n) is 15.1. The number of carbonyl (C=O) groups excluding carboxylic acids is 1. The highest BCUT2D eigenvalue weighted by molar-refractivity contribution is 7.13. The monoisotopic (exact) mass is 379 g/mol. The van der Waals surface area contributed by atoms with Crippen molar-refractivity contribution in [2.24, 2.45) is 0 Å². The number of nitriles is 1. The normalized spacial score (nSPS) is 11.1. The molecular weight excluding hydrogens is 362 g/mol. The molecule has 3 aromatic rings. The topological polar surface area (TPSA) is 92.8 Å². The van der Waals surface area contributed by atoms with Crippen molar-refractivity contribution in [3.63, 3.8) is 0 Å². The van der Waals surface area contributed by atoms with Crippen molar-refractivity contribution < 1.29 is 9.53 Å². The number of ether oxygens (including phenoxy) is 1. The van der Waals surface area contributed by atoms with E-state index in [1.54, 1.807) is 13.2 Å². The molecule has 1 N–H and O–H groups in total. The van der Waals surface area contributed by atoms with Crippen LogP contribution < -0.4 is 10.1 Å². The standard InChI is InChI=1S/C19H17N5O2S/c1-12-8-14(9-15(10-20)18(25)22-19-23-21-11-27-19)13(2)24(12)16-4-6-17(26-3)7-5-16/h4-9,11H,1-3H3,(H,22,23,25)/b15-9+. The van der Waals surface area contributed by atoms with Crippen LogP contribution in [0.1, 0.15) is 17.0 Å². The number of methoxy groups -OCH3 is 1. The molecule has 2 aromatic heterocycles. The molecule has 2 heterocycles. The number of nitrogens with zero attached hydrogens (tertiary/aromatic N) is 4. The van der Waals surface area contributed by atoms with Gasteiger partial charge in [-0.15, -0.1) is 10.2 Å². The number of anilines is 1. The average Bonchev–Trinajstić information content (AvgIpc) is 3.27. The number of rotatable bonds is 5. The lowest BCUT2D eigenvalue weighted by Crippen LogP contribution is -2.13. The van der Waals surface area contributed by atoms with E-state index in [9.17, 15) is 10.1 Å². The van der Waals surface area contributed by atoms with Crippen LogP contribution >= 0.6 is 11.3 Å². The van der Waals surface area contributed by atoms with Gasteiger partial charge in [0.1, 0.15) is 22.9 Å². The molecule has 0 aliphatic heterocycles. The summed E-state index contributed by atoms with van der Waals surface area (Å²) in [5.74, 6) is 0.268. The van der Waals surface area contributed by atoms with Gasteiger partial charge < -0.3 is 9.30 Å². The minimum Gasteiger partial charge on any atom is -0.497 e. The van der Waals surface area contributed by atoms with E-state index in [0.29, 0.717) is 5.13 Å². The van der Waals surface area contributed by atoms with Gasteiger partial charge in [0.15, 0.2) is 0 Å². The highest BCUT2D eigenvalue weighted by Crippen LogP contribution is 2.24. The molecule has 27 heavy (non-hydrogen) atoms. The molecule has 0 aliphatic rings. The van der Waals surface area contributed by atoms with Gasteiger partial charge in [-0.3, -0.25) is 10.1 Å². The summed E-state index contributed by atoms with van der Waals surface area (Å²) >= 11 is 1.19. The highest BCUT2D eigenvalue weighted by atomic mass is 32.1. The van der Waals surface area contributed by atoms with Gasteiger partial charge in [-0.25, -0.2) is 0 Å². The molecule has 0 radical (unpaired) electrons. The second-order valence-corrected chi connectivity index (χ2v) is 6.56. The van der Waals surface area contributed by atoms with E-state index in [4.69, 9.17) is 4.74 Å². The number of hydrogen-bond donors (Lipinski definition) is 1. The van der Waals surface area contributed by atoms with Gasteiger partial charge in [-0.1, -0.05) is 11.3 Å². The van der Waals surface area contributed by atoms with E-state index in [2.05, 4.69) is 20.1 Å².